The lowest BCUT2D eigenvalue weighted by molar-refractivity contribution is -0.150. The molecule has 0 bridgehead atoms. The van der Waals surface area contributed by atoms with Gasteiger partial charge in [-0.2, -0.15) is 0 Å². The normalized spacial score (nSPS) is 16.6. The van der Waals surface area contributed by atoms with Gasteiger partial charge < -0.3 is 19.1 Å². The van der Waals surface area contributed by atoms with Crippen molar-refractivity contribution in [1.29, 1.82) is 0 Å². The Labute approximate surface area is 347 Å². The molecule has 0 N–H and O–H groups in total. The molecule has 0 aromatic heterocycles. The van der Waals surface area contributed by atoms with Gasteiger partial charge in [0.25, 0.3) is 0 Å². The maximum Gasteiger partial charge on any atom is 0.409 e. The van der Waals surface area contributed by atoms with Crippen molar-refractivity contribution in [3.63, 3.8) is 0 Å². The SMILES string of the molecule is CCCCCCCCC(CCCCCC)C(=O)OCCCCC1CN(C(=O)OCCCC)CC1CCCCOC(=O)C(CCCCCC)CCCCCCCC. The van der Waals surface area contributed by atoms with Crippen molar-refractivity contribution in [1.82, 2.24) is 4.90 Å². The molecule has 7 heteroatoms. The van der Waals surface area contributed by atoms with Crippen molar-refractivity contribution in [2.75, 3.05) is 32.9 Å². The van der Waals surface area contributed by atoms with Gasteiger partial charge in [-0.25, -0.2) is 4.79 Å². The molecule has 7 nitrogen and oxygen atoms in total. The van der Waals surface area contributed by atoms with Crippen LogP contribution >= 0.6 is 0 Å². The van der Waals surface area contributed by atoms with Crippen molar-refractivity contribution in [3.8, 4) is 0 Å². The highest BCUT2D eigenvalue weighted by Gasteiger charge is 2.35. The number of likely N-dealkylation sites (tertiary alicyclic amines) is 1. The minimum Gasteiger partial charge on any atom is -0.465 e. The summed E-state index contributed by atoms with van der Waals surface area (Å²) in [6, 6.07) is 0. The Hall–Kier alpha value is -1.79. The number of carbonyl (C=O) groups excluding carboxylic acids is 3. The molecular formula is C49H93NO6. The van der Waals surface area contributed by atoms with Gasteiger partial charge in [0, 0.05) is 13.1 Å². The second-order valence-electron chi connectivity index (χ2n) is 17.4. The lowest BCUT2D eigenvalue weighted by Gasteiger charge is -2.19. The van der Waals surface area contributed by atoms with Crippen molar-refractivity contribution in [3.05, 3.63) is 0 Å². The second-order valence-corrected chi connectivity index (χ2v) is 17.4. The third-order valence-electron chi connectivity index (χ3n) is 12.3. The van der Waals surface area contributed by atoms with Gasteiger partial charge in [-0.3, -0.25) is 9.59 Å². The van der Waals surface area contributed by atoms with Crippen molar-refractivity contribution in [2.24, 2.45) is 23.7 Å². The van der Waals surface area contributed by atoms with Crippen LogP contribution < -0.4 is 0 Å². The number of nitrogens with zero attached hydrogens (tertiary/aromatic N) is 1. The first-order valence-corrected chi connectivity index (χ1v) is 24.7. The van der Waals surface area contributed by atoms with Crippen molar-refractivity contribution < 1.29 is 28.6 Å². The zero-order valence-electron chi connectivity index (χ0n) is 37.9. The molecular weight excluding hydrogens is 699 g/mol. The van der Waals surface area contributed by atoms with E-state index in [0.29, 0.717) is 31.7 Å². The van der Waals surface area contributed by atoms with Crippen molar-refractivity contribution in [2.45, 2.75) is 240 Å². The topological polar surface area (TPSA) is 82.1 Å². The van der Waals surface area contributed by atoms with E-state index >= 15 is 0 Å². The van der Waals surface area contributed by atoms with E-state index in [4.69, 9.17) is 14.2 Å². The number of amides is 1. The summed E-state index contributed by atoms with van der Waals surface area (Å²) < 4.78 is 17.4. The summed E-state index contributed by atoms with van der Waals surface area (Å²) in [5.74, 6) is 0.940. The van der Waals surface area contributed by atoms with Gasteiger partial charge in [-0.05, 0) is 82.5 Å². The zero-order chi connectivity index (χ0) is 40.9. The molecule has 4 atom stereocenters. The molecule has 1 fully saturated rings. The van der Waals surface area contributed by atoms with Gasteiger partial charge in [-0.1, -0.05) is 169 Å². The Kier molecular flexibility index (Phi) is 35.0. The van der Waals surface area contributed by atoms with Gasteiger partial charge in [0.1, 0.15) is 0 Å². The van der Waals surface area contributed by atoms with Crippen LogP contribution in [0, 0.1) is 23.7 Å². The number of hydrogen-bond donors (Lipinski definition) is 0. The Bertz CT molecular complexity index is 864. The van der Waals surface area contributed by atoms with Crippen LogP contribution in [0.25, 0.3) is 0 Å². The molecule has 330 valence electrons. The molecule has 1 rings (SSSR count). The number of ether oxygens (including phenoxy) is 3. The fraction of sp³-hybridized carbons (Fsp3) is 0.939. The maximum absolute atomic E-state index is 13.2. The average Bonchev–Trinajstić information content (AvgIpc) is 3.61. The monoisotopic (exact) mass is 792 g/mol. The molecule has 4 unspecified atom stereocenters. The second kappa shape index (κ2) is 37.5. The van der Waals surface area contributed by atoms with E-state index in [1.165, 1.54) is 103 Å². The number of esters is 2. The molecule has 1 saturated heterocycles. The van der Waals surface area contributed by atoms with Crippen LogP contribution in [0.15, 0.2) is 0 Å². The third kappa shape index (κ3) is 27.0. The van der Waals surface area contributed by atoms with Gasteiger partial charge in [0.2, 0.25) is 0 Å². The smallest absolute Gasteiger partial charge is 0.409 e. The van der Waals surface area contributed by atoms with Crippen LogP contribution in [0.3, 0.4) is 0 Å². The molecule has 0 saturated carbocycles. The minimum atomic E-state index is -0.181. The molecule has 0 aliphatic carbocycles. The first-order chi connectivity index (χ1) is 27.4. The Morgan fingerprint density at radius 1 is 0.411 bits per heavy atom. The highest BCUT2D eigenvalue weighted by Crippen LogP contribution is 2.32. The van der Waals surface area contributed by atoms with Crippen LogP contribution in [0.2, 0.25) is 0 Å². The predicted octanol–water partition coefficient (Wildman–Crippen LogP) is 14.6. The van der Waals surface area contributed by atoms with E-state index < -0.39 is 0 Å². The van der Waals surface area contributed by atoms with Gasteiger partial charge in [-0.15, -0.1) is 0 Å². The molecule has 1 aliphatic heterocycles. The van der Waals surface area contributed by atoms with Gasteiger partial charge >= 0.3 is 18.0 Å². The number of hydrogen-bond acceptors (Lipinski definition) is 6. The standard InChI is InChI=1S/C49H93NO6/c1-6-11-16-20-22-26-34-43(32-24-18-13-8-3)47(51)54-39-30-28-36-45-41-50(49(53)56-38-15-10-5)42-46(45)37-29-31-40-55-48(52)44(33-25-19-14-9-4)35-27-23-21-17-12-7-2/h43-46H,6-42H2,1-5H3. The highest BCUT2D eigenvalue weighted by atomic mass is 16.6. The van der Waals surface area contributed by atoms with E-state index in [9.17, 15) is 14.4 Å². The lowest BCUT2D eigenvalue weighted by Crippen LogP contribution is -2.30. The van der Waals surface area contributed by atoms with Crippen molar-refractivity contribution >= 4 is 18.0 Å². The van der Waals surface area contributed by atoms with Crippen LogP contribution in [0.5, 0.6) is 0 Å². The van der Waals surface area contributed by atoms with Crippen LogP contribution in [-0.4, -0.2) is 55.8 Å². The van der Waals surface area contributed by atoms with E-state index in [2.05, 4.69) is 34.6 Å². The molecule has 0 spiro atoms. The summed E-state index contributed by atoms with van der Waals surface area (Å²) in [7, 11) is 0. The van der Waals surface area contributed by atoms with E-state index in [1.807, 2.05) is 4.90 Å². The van der Waals surface area contributed by atoms with Gasteiger partial charge in [0.05, 0.1) is 31.7 Å². The third-order valence-corrected chi connectivity index (χ3v) is 12.3. The first kappa shape index (κ1) is 52.2. The minimum absolute atomic E-state index is 0.0146. The molecule has 56 heavy (non-hydrogen) atoms. The number of unbranched alkanes of at least 4 members (excludes halogenated alkanes) is 19. The van der Waals surface area contributed by atoms with Crippen LogP contribution in [0.1, 0.15) is 240 Å². The fourth-order valence-electron chi connectivity index (χ4n) is 8.47. The van der Waals surface area contributed by atoms with Crippen LogP contribution in [-0.2, 0) is 23.8 Å². The predicted molar refractivity (Wildman–Crippen MR) is 235 cm³/mol. The summed E-state index contributed by atoms with van der Waals surface area (Å²) in [6.07, 6.45) is 35.8. The number of carbonyl (C=O) groups is 3. The average molecular weight is 792 g/mol. The van der Waals surface area contributed by atoms with E-state index in [1.54, 1.807) is 0 Å². The molecule has 1 aliphatic rings. The lowest BCUT2D eigenvalue weighted by atomic mass is 9.87. The molecule has 1 amide bonds. The quantitative estimate of drug-likeness (QED) is 0.0350. The molecule has 1 heterocycles. The zero-order valence-corrected chi connectivity index (χ0v) is 37.9. The number of rotatable bonds is 39. The first-order valence-electron chi connectivity index (χ1n) is 24.7. The summed E-state index contributed by atoms with van der Waals surface area (Å²) >= 11 is 0. The fourth-order valence-corrected chi connectivity index (χ4v) is 8.47. The summed E-state index contributed by atoms with van der Waals surface area (Å²) in [5, 5.41) is 0. The maximum atomic E-state index is 13.2. The largest absolute Gasteiger partial charge is 0.465 e. The summed E-state index contributed by atoms with van der Waals surface area (Å²) in [5.41, 5.74) is 0. The van der Waals surface area contributed by atoms with E-state index in [0.717, 1.165) is 116 Å². The summed E-state index contributed by atoms with van der Waals surface area (Å²) in [6.45, 7) is 14.0. The summed E-state index contributed by atoms with van der Waals surface area (Å²) in [4.78, 5) is 41.2. The molecule has 0 aromatic carbocycles. The molecule has 0 radical (unpaired) electrons. The highest BCUT2D eigenvalue weighted by molar-refractivity contribution is 5.72. The van der Waals surface area contributed by atoms with Crippen LogP contribution in [0.4, 0.5) is 4.79 Å². The Balaban J connectivity index is 2.60. The Morgan fingerprint density at radius 3 is 1.11 bits per heavy atom. The molecule has 0 aromatic rings. The van der Waals surface area contributed by atoms with E-state index in [-0.39, 0.29) is 29.9 Å². The van der Waals surface area contributed by atoms with Gasteiger partial charge in [0.15, 0.2) is 0 Å². The Morgan fingerprint density at radius 2 is 0.732 bits per heavy atom.